The number of aromatic carboxylic acids is 1. The van der Waals surface area contributed by atoms with Crippen molar-refractivity contribution in [1.82, 2.24) is 10.3 Å². The lowest BCUT2D eigenvalue weighted by atomic mass is 10.1. The van der Waals surface area contributed by atoms with Crippen LogP contribution in [-0.4, -0.2) is 33.9 Å². The summed E-state index contributed by atoms with van der Waals surface area (Å²) < 4.78 is 14.4. The molecule has 3 N–H and O–H groups in total. The van der Waals surface area contributed by atoms with Gasteiger partial charge in [0.25, 0.3) is 5.91 Å². The Morgan fingerprint density at radius 2 is 1.83 bits per heavy atom. The van der Waals surface area contributed by atoms with Crippen LogP contribution in [0, 0.1) is 0 Å². The lowest BCUT2D eigenvalue weighted by Crippen LogP contribution is -2.45. The first kappa shape index (κ1) is 22.5. The van der Waals surface area contributed by atoms with Crippen molar-refractivity contribution >= 4 is 34.3 Å². The number of halogens is 1. The molecule has 1 aromatic carbocycles. The molecule has 2 rings (SSSR count). The fourth-order valence-corrected chi connectivity index (χ4v) is 3.66. The Labute approximate surface area is 172 Å². The maximum absolute atomic E-state index is 14.4. The molecule has 0 spiro atoms. The number of thiazole rings is 1. The first-order valence-corrected chi connectivity index (χ1v) is 10.1. The number of amides is 2. The number of carbonyl (C=O) groups excluding carboxylic acids is 2. The zero-order valence-corrected chi connectivity index (χ0v) is 17.3. The third-order valence-corrected chi connectivity index (χ3v) is 5.41. The van der Waals surface area contributed by atoms with Gasteiger partial charge in [-0.05, 0) is 17.9 Å². The third-order valence-electron chi connectivity index (χ3n) is 4.14. The SMILES string of the molecule is CCC[C@H](NC(=O)[C@H](F)c1ccccc1)C(=O)Nc1nc(C(=O)O)c(C(C)C)s1. The van der Waals surface area contributed by atoms with Gasteiger partial charge >= 0.3 is 5.97 Å². The quantitative estimate of drug-likeness (QED) is 0.569. The number of nitrogens with zero attached hydrogens (tertiary/aromatic N) is 1. The molecule has 7 nitrogen and oxygen atoms in total. The Morgan fingerprint density at radius 3 is 2.34 bits per heavy atom. The van der Waals surface area contributed by atoms with Crippen LogP contribution in [-0.2, 0) is 9.59 Å². The zero-order valence-electron chi connectivity index (χ0n) is 16.4. The molecular formula is C20H24FN3O4S. The molecule has 0 aliphatic carbocycles. The second-order valence-electron chi connectivity index (χ2n) is 6.80. The molecule has 0 radical (unpaired) electrons. The van der Waals surface area contributed by atoms with E-state index >= 15 is 0 Å². The van der Waals surface area contributed by atoms with Crippen LogP contribution in [0.1, 0.15) is 66.6 Å². The molecule has 9 heteroatoms. The van der Waals surface area contributed by atoms with Crippen molar-refractivity contribution in [3.8, 4) is 0 Å². The van der Waals surface area contributed by atoms with Gasteiger partial charge in [-0.3, -0.25) is 9.59 Å². The van der Waals surface area contributed by atoms with Crippen LogP contribution in [0.4, 0.5) is 9.52 Å². The van der Waals surface area contributed by atoms with Gasteiger partial charge in [-0.15, -0.1) is 11.3 Å². The average Bonchev–Trinajstić information content (AvgIpc) is 3.12. The molecule has 0 aliphatic rings. The lowest BCUT2D eigenvalue weighted by Gasteiger charge is -2.18. The Balaban J connectivity index is 2.12. The Bertz CT molecular complexity index is 870. The van der Waals surface area contributed by atoms with Crippen LogP contribution >= 0.6 is 11.3 Å². The summed E-state index contributed by atoms with van der Waals surface area (Å²) in [5, 5.41) is 14.4. The monoisotopic (exact) mass is 421 g/mol. The molecular weight excluding hydrogens is 397 g/mol. The van der Waals surface area contributed by atoms with Crippen molar-refractivity contribution in [1.29, 1.82) is 0 Å². The molecule has 0 saturated carbocycles. The fraction of sp³-hybridized carbons (Fsp3) is 0.400. The number of aromatic nitrogens is 1. The number of nitrogens with one attached hydrogen (secondary N) is 2. The van der Waals surface area contributed by atoms with Gasteiger partial charge in [-0.2, -0.15) is 0 Å². The van der Waals surface area contributed by atoms with Gasteiger partial charge < -0.3 is 15.7 Å². The smallest absolute Gasteiger partial charge is 0.355 e. The van der Waals surface area contributed by atoms with Crippen molar-refractivity contribution in [3.05, 3.63) is 46.5 Å². The third kappa shape index (κ3) is 5.83. The molecule has 0 unspecified atom stereocenters. The van der Waals surface area contributed by atoms with Crippen molar-refractivity contribution in [2.45, 2.75) is 51.7 Å². The average molecular weight is 421 g/mol. The summed E-state index contributed by atoms with van der Waals surface area (Å²) in [5.74, 6) is -2.72. The standard InChI is InChI=1S/C20H24FN3O4S/c1-4-8-13(22-18(26)14(21)12-9-6-5-7-10-12)17(25)24-20-23-15(19(27)28)16(29-20)11(2)3/h5-7,9-11,13-14H,4,8H2,1-3H3,(H,22,26)(H,27,28)(H,23,24,25)/t13-,14+/m0/s1. The molecule has 29 heavy (non-hydrogen) atoms. The summed E-state index contributed by atoms with van der Waals surface area (Å²) in [5.41, 5.74) is 0.0949. The summed E-state index contributed by atoms with van der Waals surface area (Å²) in [4.78, 5) is 40.8. The summed E-state index contributed by atoms with van der Waals surface area (Å²) in [7, 11) is 0. The summed E-state index contributed by atoms with van der Waals surface area (Å²) in [6.07, 6.45) is -1.02. The number of benzene rings is 1. The highest BCUT2D eigenvalue weighted by Crippen LogP contribution is 2.30. The van der Waals surface area contributed by atoms with Crippen molar-refractivity contribution in [2.75, 3.05) is 5.32 Å². The first-order chi connectivity index (χ1) is 13.7. The molecule has 0 bridgehead atoms. The predicted molar refractivity (Wildman–Crippen MR) is 109 cm³/mol. The van der Waals surface area contributed by atoms with Crippen molar-refractivity contribution in [3.63, 3.8) is 0 Å². The number of carbonyl (C=O) groups is 3. The van der Waals surface area contributed by atoms with Crippen molar-refractivity contribution < 1.29 is 23.9 Å². The molecule has 0 aliphatic heterocycles. The van der Waals surface area contributed by atoms with Crippen LogP contribution in [0.2, 0.25) is 0 Å². The van der Waals surface area contributed by atoms with E-state index in [0.717, 1.165) is 11.3 Å². The molecule has 1 aromatic heterocycles. The minimum absolute atomic E-state index is 0.0754. The molecule has 2 atom stereocenters. The van der Waals surface area contributed by atoms with Gasteiger partial charge in [0.15, 0.2) is 10.8 Å². The van der Waals surface area contributed by atoms with Gasteiger partial charge in [-0.25, -0.2) is 14.2 Å². The summed E-state index contributed by atoms with van der Waals surface area (Å²) >= 11 is 1.07. The van der Waals surface area contributed by atoms with E-state index in [1.54, 1.807) is 18.2 Å². The van der Waals surface area contributed by atoms with E-state index in [0.29, 0.717) is 17.7 Å². The van der Waals surface area contributed by atoms with E-state index in [4.69, 9.17) is 0 Å². The van der Waals surface area contributed by atoms with E-state index in [2.05, 4.69) is 15.6 Å². The maximum Gasteiger partial charge on any atom is 0.355 e. The molecule has 0 fully saturated rings. The minimum atomic E-state index is -1.89. The van der Waals surface area contributed by atoms with E-state index < -0.39 is 30.0 Å². The Kier molecular flexibility index (Phi) is 7.83. The lowest BCUT2D eigenvalue weighted by molar-refractivity contribution is -0.130. The predicted octanol–water partition coefficient (Wildman–Crippen LogP) is 3.90. The van der Waals surface area contributed by atoms with Crippen LogP contribution in [0.15, 0.2) is 30.3 Å². The zero-order chi connectivity index (χ0) is 21.6. The highest BCUT2D eigenvalue weighted by atomic mass is 32.1. The number of rotatable bonds is 9. The number of carboxylic acids is 1. The molecule has 0 saturated heterocycles. The van der Waals surface area contributed by atoms with E-state index in [1.807, 2.05) is 20.8 Å². The minimum Gasteiger partial charge on any atom is -0.476 e. The first-order valence-electron chi connectivity index (χ1n) is 9.28. The van der Waals surface area contributed by atoms with Crippen molar-refractivity contribution in [2.24, 2.45) is 0 Å². The number of hydrogen-bond acceptors (Lipinski definition) is 5. The fourth-order valence-electron chi connectivity index (χ4n) is 2.70. The summed E-state index contributed by atoms with van der Waals surface area (Å²) in [6, 6.07) is 6.99. The highest BCUT2D eigenvalue weighted by molar-refractivity contribution is 7.16. The van der Waals surface area contributed by atoms with Crippen LogP contribution < -0.4 is 10.6 Å². The number of alkyl halides is 1. The number of carboxylic acid groups (broad SMARTS) is 1. The van der Waals surface area contributed by atoms with Gasteiger partial charge in [0.1, 0.15) is 6.04 Å². The van der Waals surface area contributed by atoms with Crippen LogP contribution in [0.25, 0.3) is 0 Å². The summed E-state index contributed by atoms with van der Waals surface area (Å²) in [6.45, 7) is 5.49. The van der Waals surface area contributed by atoms with E-state index in [-0.39, 0.29) is 22.3 Å². The molecule has 1 heterocycles. The largest absolute Gasteiger partial charge is 0.476 e. The Morgan fingerprint density at radius 1 is 1.17 bits per heavy atom. The molecule has 2 aromatic rings. The van der Waals surface area contributed by atoms with E-state index in [1.165, 1.54) is 12.1 Å². The van der Waals surface area contributed by atoms with Crippen LogP contribution in [0.3, 0.4) is 0 Å². The molecule has 156 valence electrons. The van der Waals surface area contributed by atoms with E-state index in [9.17, 15) is 23.9 Å². The van der Waals surface area contributed by atoms with Gasteiger partial charge in [-0.1, -0.05) is 57.5 Å². The topological polar surface area (TPSA) is 108 Å². The van der Waals surface area contributed by atoms with Gasteiger partial charge in [0, 0.05) is 4.88 Å². The maximum atomic E-state index is 14.4. The number of hydrogen-bond donors (Lipinski definition) is 3. The van der Waals surface area contributed by atoms with Gasteiger partial charge in [0.05, 0.1) is 0 Å². The second-order valence-corrected chi connectivity index (χ2v) is 7.83. The number of anilines is 1. The second kappa shape index (κ2) is 10.1. The van der Waals surface area contributed by atoms with Crippen LogP contribution in [0.5, 0.6) is 0 Å². The normalized spacial score (nSPS) is 13.0. The van der Waals surface area contributed by atoms with Gasteiger partial charge in [0.2, 0.25) is 12.1 Å². The highest BCUT2D eigenvalue weighted by Gasteiger charge is 2.27. The Hall–Kier alpha value is -2.81. The molecule has 2 amide bonds.